The molecule has 3 rings (SSSR count). The zero-order valence-electron chi connectivity index (χ0n) is 11.0. The van der Waals surface area contributed by atoms with Crippen LogP contribution in [0.1, 0.15) is 5.01 Å². The van der Waals surface area contributed by atoms with Gasteiger partial charge in [-0.05, 0) is 24.3 Å². The summed E-state index contributed by atoms with van der Waals surface area (Å²) in [5, 5.41) is 0.932. The van der Waals surface area contributed by atoms with Gasteiger partial charge in [0.05, 0.1) is 23.0 Å². The number of benzene rings is 2. The first-order chi connectivity index (χ1) is 9.76. The fraction of sp³-hybridized carbons (Fsp3) is 0.133. The molecule has 2 N–H and O–H groups in total. The second kappa shape index (κ2) is 5.38. The van der Waals surface area contributed by atoms with Crippen molar-refractivity contribution in [3.8, 4) is 11.5 Å². The van der Waals surface area contributed by atoms with Crippen molar-refractivity contribution < 1.29 is 9.47 Å². The number of thiazole rings is 1. The molecule has 1 heterocycles. The smallest absolute Gasteiger partial charge is 0.143 e. The number of aromatic nitrogens is 1. The predicted octanol–water partition coefficient (Wildman–Crippen LogP) is 3.47. The van der Waals surface area contributed by atoms with Crippen LogP contribution in [0.25, 0.3) is 10.2 Å². The highest BCUT2D eigenvalue weighted by Gasteiger charge is 2.06. The van der Waals surface area contributed by atoms with Crippen LogP contribution in [0.5, 0.6) is 11.5 Å². The van der Waals surface area contributed by atoms with Gasteiger partial charge >= 0.3 is 0 Å². The van der Waals surface area contributed by atoms with Crippen molar-refractivity contribution in [3.05, 3.63) is 47.5 Å². The molecule has 20 heavy (non-hydrogen) atoms. The Morgan fingerprint density at radius 1 is 1.20 bits per heavy atom. The predicted molar refractivity (Wildman–Crippen MR) is 81.4 cm³/mol. The fourth-order valence-corrected chi connectivity index (χ4v) is 2.79. The molecule has 0 amide bonds. The molecule has 0 spiro atoms. The zero-order chi connectivity index (χ0) is 13.9. The molecule has 2 aromatic carbocycles. The number of fused-ring (bicyclic) bond motifs is 1. The largest absolute Gasteiger partial charge is 0.497 e. The first-order valence-corrected chi connectivity index (χ1v) is 6.98. The van der Waals surface area contributed by atoms with Gasteiger partial charge in [0.2, 0.25) is 0 Å². The highest BCUT2D eigenvalue weighted by molar-refractivity contribution is 7.18. The molecule has 0 aliphatic carbocycles. The van der Waals surface area contributed by atoms with E-state index >= 15 is 0 Å². The van der Waals surface area contributed by atoms with E-state index in [1.165, 1.54) is 0 Å². The van der Waals surface area contributed by atoms with E-state index in [1.54, 1.807) is 24.5 Å². The number of nitrogen functional groups attached to an aromatic ring is 1. The Kier molecular flexibility index (Phi) is 3.43. The van der Waals surface area contributed by atoms with Crippen molar-refractivity contribution in [1.29, 1.82) is 0 Å². The lowest BCUT2D eigenvalue weighted by atomic mass is 10.3. The van der Waals surface area contributed by atoms with Gasteiger partial charge in [0.25, 0.3) is 0 Å². The van der Waals surface area contributed by atoms with Crippen LogP contribution >= 0.6 is 11.3 Å². The summed E-state index contributed by atoms with van der Waals surface area (Å²) in [5.41, 5.74) is 7.47. The molecule has 0 radical (unpaired) electrons. The van der Waals surface area contributed by atoms with Crippen LogP contribution in [0.3, 0.4) is 0 Å². The van der Waals surface area contributed by atoms with Gasteiger partial charge in [-0.1, -0.05) is 12.1 Å². The van der Waals surface area contributed by atoms with Gasteiger partial charge in [-0.15, -0.1) is 11.3 Å². The third-order valence-corrected chi connectivity index (χ3v) is 3.92. The molecular formula is C15H14N2O2S. The van der Waals surface area contributed by atoms with Crippen molar-refractivity contribution in [2.24, 2.45) is 0 Å². The number of nitrogens with two attached hydrogens (primary N) is 1. The third-order valence-electron chi connectivity index (χ3n) is 2.91. The molecule has 0 fully saturated rings. The van der Waals surface area contributed by atoms with E-state index in [4.69, 9.17) is 15.2 Å². The maximum atomic E-state index is 5.91. The Balaban J connectivity index is 1.75. The minimum absolute atomic E-state index is 0.413. The Morgan fingerprint density at radius 3 is 2.80 bits per heavy atom. The van der Waals surface area contributed by atoms with Gasteiger partial charge in [0.15, 0.2) is 0 Å². The summed E-state index contributed by atoms with van der Waals surface area (Å²) in [6.07, 6.45) is 0. The first-order valence-electron chi connectivity index (χ1n) is 6.17. The molecule has 0 saturated heterocycles. The van der Waals surface area contributed by atoms with Crippen LogP contribution in [0.4, 0.5) is 5.69 Å². The maximum Gasteiger partial charge on any atom is 0.143 e. The summed E-state index contributed by atoms with van der Waals surface area (Å²) in [5.74, 6) is 1.36. The SMILES string of the molecule is COc1ccc(OCc2nc3ccccc3s2)c(N)c1. The van der Waals surface area contributed by atoms with Gasteiger partial charge < -0.3 is 15.2 Å². The molecule has 5 heteroatoms. The minimum Gasteiger partial charge on any atom is -0.497 e. The van der Waals surface area contributed by atoms with Crippen molar-refractivity contribution in [1.82, 2.24) is 4.98 Å². The average Bonchev–Trinajstić information content (AvgIpc) is 2.88. The lowest BCUT2D eigenvalue weighted by molar-refractivity contribution is 0.307. The van der Waals surface area contributed by atoms with Gasteiger partial charge in [-0.2, -0.15) is 0 Å². The monoisotopic (exact) mass is 286 g/mol. The summed E-state index contributed by atoms with van der Waals surface area (Å²) in [6.45, 7) is 0.413. The number of ether oxygens (including phenoxy) is 2. The average molecular weight is 286 g/mol. The Morgan fingerprint density at radius 2 is 2.05 bits per heavy atom. The van der Waals surface area contributed by atoms with Crippen LogP contribution < -0.4 is 15.2 Å². The normalized spacial score (nSPS) is 10.7. The summed E-state index contributed by atoms with van der Waals surface area (Å²) < 4.78 is 12.0. The number of hydrogen-bond donors (Lipinski definition) is 1. The molecule has 4 nitrogen and oxygen atoms in total. The molecule has 0 unspecified atom stereocenters. The summed E-state index contributed by atoms with van der Waals surface area (Å²) in [7, 11) is 1.61. The van der Waals surface area contributed by atoms with Gasteiger partial charge in [-0.3, -0.25) is 0 Å². The lowest BCUT2D eigenvalue weighted by Gasteiger charge is -2.08. The molecule has 0 bridgehead atoms. The molecule has 1 aromatic heterocycles. The third kappa shape index (κ3) is 2.53. The highest BCUT2D eigenvalue weighted by atomic mass is 32.1. The molecule has 0 saturated carbocycles. The summed E-state index contributed by atoms with van der Waals surface area (Å²) in [4.78, 5) is 4.52. The molecule has 3 aromatic rings. The van der Waals surface area contributed by atoms with E-state index in [-0.39, 0.29) is 0 Å². The van der Waals surface area contributed by atoms with Crippen LogP contribution in [0.2, 0.25) is 0 Å². The quantitative estimate of drug-likeness (QED) is 0.746. The van der Waals surface area contributed by atoms with E-state index in [0.717, 1.165) is 21.0 Å². The van der Waals surface area contributed by atoms with Crippen molar-refractivity contribution in [2.45, 2.75) is 6.61 Å². The van der Waals surface area contributed by atoms with E-state index in [0.29, 0.717) is 18.0 Å². The number of anilines is 1. The Bertz CT molecular complexity index is 707. The van der Waals surface area contributed by atoms with Crippen molar-refractivity contribution in [3.63, 3.8) is 0 Å². The van der Waals surface area contributed by atoms with Crippen LogP contribution in [-0.4, -0.2) is 12.1 Å². The fourth-order valence-electron chi connectivity index (χ4n) is 1.91. The van der Waals surface area contributed by atoms with Crippen LogP contribution in [0, 0.1) is 0 Å². The second-order valence-corrected chi connectivity index (χ2v) is 5.38. The van der Waals surface area contributed by atoms with E-state index in [9.17, 15) is 0 Å². The molecule has 0 aliphatic rings. The Hall–Kier alpha value is -2.27. The van der Waals surface area contributed by atoms with E-state index in [2.05, 4.69) is 11.1 Å². The number of hydrogen-bond acceptors (Lipinski definition) is 5. The number of methoxy groups -OCH3 is 1. The lowest BCUT2D eigenvalue weighted by Crippen LogP contribution is -1.98. The van der Waals surface area contributed by atoms with E-state index in [1.807, 2.05) is 30.3 Å². The maximum absolute atomic E-state index is 5.91. The molecule has 0 atom stereocenters. The number of nitrogens with zero attached hydrogens (tertiary/aromatic N) is 1. The van der Waals surface area contributed by atoms with Crippen molar-refractivity contribution >= 4 is 27.2 Å². The second-order valence-electron chi connectivity index (χ2n) is 4.27. The van der Waals surface area contributed by atoms with E-state index < -0.39 is 0 Å². The summed E-state index contributed by atoms with van der Waals surface area (Å²) >= 11 is 1.63. The van der Waals surface area contributed by atoms with Gasteiger partial charge in [-0.25, -0.2) is 4.98 Å². The molecular weight excluding hydrogens is 272 g/mol. The highest BCUT2D eigenvalue weighted by Crippen LogP contribution is 2.28. The molecule has 0 aliphatic heterocycles. The topological polar surface area (TPSA) is 57.4 Å². The van der Waals surface area contributed by atoms with Crippen LogP contribution in [0.15, 0.2) is 42.5 Å². The molecule has 102 valence electrons. The number of rotatable bonds is 4. The first kappa shape index (κ1) is 12.7. The Labute approximate surface area is 120 Å². The standard InChI is InChI=1S/C15H14N2O2S/c1-18-10-6-7-13(11(16)8-10)19-9-15-17-12-4-2-3-5-14(12)20-15/h2-8H,9,16H2,1H3. The summed E-state index contributed by atoms with van der Waals surface area (Å²) in [6, 6.07) is 13.4. The van der Waals surface area contributed by atoms with Gasteiger partial charge in [0, 0.05) is 6.07 Å². The number of para-hydroxylation sites is 1. The van der Waals surface area contributed by atoms with Crippen molar-refractivity contribution in [2.75, 3.05) is 12.8 Å². The van der Waals surface area contributed by atoms with Gasteiger partial charge in [0.1, 0.15) is 23.1 Å². The zero-order valence-corrected chi connectivity index (χ0v) is 11.8. The minimum atomic E-state index is 0.413. The van der Waals surface area contributed by atoms with Crippen LogP contribution in [-0.2, 0) is 6.61 Å².